The van der Waals surface area contributed by atoms with Crippen LogP contribution >= 0.6 is 0 Å². The van der Waals surface area contributed by atoms with Gasteiger partial charge in [0.25, 0.3) is 0 Å². The minimum Gasteiger partial charge on any atom is -0.396 e. The molecule has 0 aromatic carbocycles. The van der Waals surface area contributed by atoms with Crippen LogP contribution in [0.5, 0.6) is 0 Å². The van der Waals surface area contributed by atoms with Gasteiger partial charge in [0.2, 0.25) is 0 Å². The Balaban J connectivity index is 2.35. The van der Waals surface area contributed by atoms with Crippen molar-refractivity contribution >= 4 is 0 Å². The highest BCUT2D eigenvalue weighted by atomic mass is 16.3. The molecule has 1 aliphatic heterocycles. The first-order valence-electron chi connectivity index (χ1n) is 6.01. The number of β-amino-alcohol motifs (C(OH)–C–C–N with tert-alkyl or cyclic N) is 1. The van der Waals surface area contributed by atoms with E-state index >= 15 is 0 Å². The number of aliphatic hydroxyl groups is 2. The molecule has 3 nitrogen and oxygen atoms in total. The quantitative estimate of drug-likeness (QED) is 0.738. The number of aliphatic hydroxyl groups excluding tert-OH is 1. The minimum atomic E-state index is -0.591. The zero-order valence-electron chi connectivity index (χ0n) is 10.2. The first kappa shape index (κ1) is 12.9. The third kappa shape index (κ3) is 3.74. The highest BCUT2D eigenvalue weighted by Crippen LogP contribution is 2.22. The van der Waals surface area contributed by atoms with E-state index in [1.54, 1.807) is 0 Å². The first-order chi connectivity index (χ1) is 6.95. The zero-order chi connectivity index (χ0) is 11.5. The van der Waals surface area contributed by atoms with Gasteiger partial charge in [0.15, 0.2) is 0 Å². The van der Waals surface area contributed by atoms with Crippen LogP contribution in [0.2, 0.25) is 0 Å². The van der Waals surface area contributed by atoms with Gasteiger partial charge in [-0.25, -0.2) is 0 Å². The average molecular weight is 215 g/mol. The maximum Gasteiger partial charge on any atom is 0.0768 e. The second-order valence-corrected chi connectivity index (χ2v) is 5.41. The van der Waals surface area contributed by atoms with Gasteiger partial charge in [-0.05, 0) is 44.7 Å². The third-order valence-corrected chi connectivity index (χ3v) is 3.75. The van der Waals surface area contributed by atoms with Crippen LogP contribution < -0.4 is 0 Å². The SMILES string of the molecule is CC(C)C(C)(O)CN1CCC(CO)CC1. The van der Waals surface area contributed by atoms with Crippen molar-refractivity contribution in [3.8, 4) is 0 Å². The molecule has 0 aliphatic carbocycles. The van der Waals surface area contributed by atoms with Gasteiger partial charge in [-0.1, -0.05) is 13.8 Å². The van der Waals surface area contributed by atoms with Crippen molar-refractivity contribution in [3.63, 3.8) is 0 Å². The van der Waals surface area contributed by atoms with Crippen LogP contribution in [0.4, 0.5) is 0 Å². The second kappa shape index (κ2) is 5.28. The van der Waals surface area contributed by atoms with Gasteiger partial charge >= 0.3 is 0 Å². The zero-order valence-corrected chi connectivity index (χ0v) is 10.2. The Labute approximate surface area is 93.1 Å². The van der Waals surface area contributed by atoms with Crippen molar-refractivity contribution in [2.24, 2.45) is 11.8 Å². The number of piperidine rings is 1. The molecule has 0 saturated carbocycles. The van der Waals surface area contributed by atoms with Crippen LogP contribution in [0.1, 0.15) is 33.6 Å². The van der Waals surface area contributed by atoms with Crippen molar-refractivity contribution in [1.29, 1.82) is 0 Å². The van der Waals surface area contributed by atoms with Crippen LogP contribution in [0.3, 0.4) is 0 Å². The summed E-state index contributed by atoms with van der Waals surface area (Å²) in [4.78, 5) is 2.31. The molecule has 1 heterocycles. The van der Waals surface area contributed by atoms with E-state index in [1.165, 1.54) is 0 Å². The summed E-state index contributed by atoms with van der Waals surface area (Å²) >= 11 is 0. The lowest BCUT2D eigenvalue weighted by atomic mass is 9.90. The highest BCUT2D eigenvalue weighted by molar-refractivity contribution is 4.83. The molecule has 2 N–H and O–H groups in total. The van der Waals surface area contributed by atoms with Crippen molar-refractivity contribution in [3.05, 3.63) is 0 Å². The summed E-state index contributed by atoms with van der Waals surface area (Å²) in [7, 11) is 0. The largest absolute Gasteiger partial charge is 0.396 e. The molecule has 0 radical (unpaired) electrons. The van der Waals surface area contributed by atoms with Crippen molar-refractivity contribution in [2.75, 3.05) is 26.2 Å². The predicted molar refractivity (Wildman–Crippen MR) is 61.7 cm³/mol. The smallest absolute Gasteiger partial charge is 0.0768 e. The minimum absolute atomic E-state index is 0.285. The fraction of sp³-hybridized carbons (Fsp3) is 1.00. The van der Waals surface area contributed by atoms with Crippen molar-refractivity contribution in [1.82, 2.24) is 4.90 Å². The third-order valence-electron chi connectivity index (χ3n) is 3.75. The molecule has 3 heteroatoms. The van der Waals surface area contributed by atoms with Crippen LogP contribution in [-0.2, 0) is 0 Å². The molecular formula is C12H25NO2. The van der Waals surface area contributed by atoms with Crippen LogP contribution in [0.15, 0.2) is 0 Å². The summed E-state index contributed by atoms with van der Waals surface area (Å²) in [6.45, 7) is 9.11. The van der Waals surface area contributed by atoms with Gasteiger partial charge in [-0.3, -0.25) is 0 Å². The Morgan fingerprint density at radius 3 is 2.27 bits per heavy atom. The molecule has 0 spiro atoms. The predicted octanol–water partition coefficient (Wildman–Crippen LogP) is 1.10. The molecular weight excluding hydrogens is 190 g/mol. The van der Waals surface area contributed by atoms with Crippen molar-refractivity contribution in [2.45, 2.75) is 39.2 Å². The Bertz CT molecular complexity index is 184. The molecule has 1 saturated heterocycles. The monoisotopic (exact) mass is 215 g/mol. The van der Waals surface area contributed by atoms with E-state index in [-0.39, 0.29) is 5.92 Å². The molecule has 1 atom stereocenters. The van der Waals surface area contributed by atoms with Crippen LogP contribution in [-0.4, -0.2) is 47.0 Å². The summed E-state index contributed by atoms with van der Waals surface area (Å²) in [6, 6.07) is 0. The lowest BCUT2D eigenvalue weighted by Gasteiger charge is -2.38. The molecule has 1 aliphatic rings. The number of likely N-dealkylation sites (tertiary alicyclic amines) is 1. The summed E-state index contributed by atoms with van der Waals surface area (Å²) < 4.78 is 0. The topological polar surface area (TPSA) is 43.7 Å². The van der Waals surface area contributed by atoms with E-state index in [1.807, 2.05) is 6.92 Å². The van der Waals surface area contributed by atoms with Crippen LogP contribution in [0, 0.1) is 11.8 Å². The molecule has 1 fully saturated rings. The van der Waals surface area contributed by atoms with E-state index in [0.717, 1.165) is 32.5 Å². The Morgan fingerprint density at radius 2 is 1.87 bits per heavy atom. The Morgan fingerprint density at radius 1 is 1.33 bits per heavy atom. The van der Waals surface area contributed by atoms with Gasteiger partial charge in [0.1, 0.15) is 0 Å². The molecule has 1 rings (SSSR count). The van der Waals surface area contributed by atoms with E-state index in [0.29, 0.717) is 12.5 Å². The first-order valence-corrected chi connectivity index (χ1v) is 6.01. The lowest BCUT2D eigenvalue weighted by Crippen LogP contribution is -2.47. The van der Waals surface area contributed by atoms with Crippen molar-refractivity contribution < 1.29 is 10.2 Å². The van der Waals surface area contributed by atoms with E-state index in [2.05, 4.69) is 18.7 Å². The fourth-order valence-electron chi connectivity index (χ4n) is 1.96. The van der Waals surface area contributed by atoms with Gasteiger partial charge in [0, 0.05) is 13.2 Å². The summed E-state index contributed by atoms with van der Waals surface area (Å²) in [5.41, 5.74) is -0.591. The van der Waals surface area contributed by atoms with Gasteiger partial charge in [0.05, 0.1) is 5.60 Å². The number of rotatable bonds is 4. The molecule has 0 aromatic rings. The number of hydrogen-bond donors (Lipinski definition) is 2. The Kier molecular flexibility index (Phi) is 4.56. The number of nitrogens with zero attached hydrogens (tertiary/aromatic N) is 1. The molecule has 1 unspecified atom stereocenters. The maximum atomic E-state index is 10.2. The van der Waals surface area contributed by atoms with Gasteiger partial charge in [-0.2, -0.15) is 0 Å². The second-order valence-electron chi connectivity index (χ2n) is 5.41. The summed E-state index contributed by atoms with van der Waals surface area (Å²) in [6.07, 6.45) is 2.12. The van der Waals surface area contributed by atoms with Crippen LogP contribution in [0.25, 0.3) is 0 Å². The standard InChI is InChI=1S/C12H25NO2/c1-10(2)12(3,15)9-13-6-4-11(8-14)5-7-13/h10-11,14-15H,4-9H2,1-3H3. The molecule has 0 amide bonds. The maximum absolute atomic E-state index is 10.2. The van der Waals surface area contributed by atoms with E-state index in [4.69, 9.17) is 5.11 Å². The molecule has 15 heavy (non-hydrogen) atoms. The fourth-order valence-corrected chi connectivity index (χ4v) is 1.96. The average Bonchev–Trinajstić information content (AvgIpc) is 2.18. The molecule has 0 bridgehead atoms. The summed E-state index contributed by atoms with van der Waals surface area (Å²) in [5.74, 6) is 0.762. The number of hydrogen-bond acceptors (Lipinski definition) is 3. The van der Waals surface area contributed by atoms with E-state index < -0.39 is 5.60 Å². The van der Waals surface area contributed by atoms with Gasteiger partial charge in [-0.15, -0.1) is 0 Å². The Hall–Kier alpha value is -0.120. The summed E-state index contributed by atoms with van der Waals surface area (Å²) in [5, 5.41) is 19.2. The molecule has 90 valence electrons. The highest BCUT2D eigenvalue weighted by Gasteiger charge is 2.29. The van der Waals surface area contributed by atoms with Gasteiger partial charge < -0.3 is 15.1 Å². The lowest BCUT2D eigenvalue weighted by molar-refractivity contribution is -0.0276. The van der Waals surface area contributed by atoms with E-state index in [9.17, 15) is 5.11 Å². The normalized spacial score (nSPS) is 24.4. The molecule has 0 aromatic heterocycles.